The molecule has 1 fully saturated rings. The predicted molar refractivity (Wildman–Crippen MR) is 71.4 cm³/mol. The summed E-state index contributed by atoms with van der Waals surface area (Å²) in [7, 11) is 1.87. The van der Waals surface area contributed by atoms with Crippen LogP contribution in [0.1, 0.15) is 31.0 Å². The lowest BCUT2D eigenvalue weighted by Gasteiger charge is -2.34. The molecule has 1 atom stereocenters. The second kappa shape index (κ2) is 4.99. The van der Waals surface area contributed by atoms with Gasteiger partial charge in [0.25, 0.3) is 0 Å². The number of hydrogen-bond donors (Lipinski definition) is 2. The zero-order valence-corrected chi connectivity index (χ0v) is 11.4. The highest BCUT2D eigenvalue weighted by molar-refractivity contribution is 5.55. The molecule has 1 aromatic rings. The van der Waals surface area contributed by atoms with Gasteiger partial charge in [0.2, 0.25) is 0 Å². The Morgan fingerprint density at radius 3 is 3.00 bits per heavy atom. The van der Waals surface area contributed by atoms with Crippen LogP contribution >= 0.6 is 0 Å². The fraction of sp³-hybridized carbons (Fsp3) is 0.692. The number of hydrogen-bond acceptors (Lipinski definition) is 4. The number of nitrogens with one attached hydrogen (secondary N) is 2. The van der Waals surface area contributed by atoms with Crippen LogP contribution in [0.25, 0.3) is 0 Å². The molecule has 0 aromatic carbocycles. The van der Waals surface area contributed by atoms with E-state index in [0.29, 0.717) is 5.56 Å². The van der Waals surface area contributed by atoms with E-state index in [9.17, 15) is 0 Å². The van der Waals surface area contributed by atoms with E-state index in [1.54, 1.807) is 4.68 Å². The average molecular weight is 247 g/mol. The van der Waals surface area contributed by atoms with Crippen molar-refractivity contribution in [2.45, 2.75) is 26.7 Å². The van der Waals surface area contributed by atoms with E-state index in [4.69, 9.17) is 5.26 Å². The van der Waals surface area contributed by atoms with Crippen LogP contribution in [0.2, 0.25) is 0 Å². The lowest BCUT2D eigenvalue weighted by molar-refractivity contribution is 0.253. The summed E-state index contributed by atoms with van der Waals surface area (Å²) in [6, 6.07) is 2.22. The lowest BCUT2D eigenvalue weighted by atomic mass is 9.83. The van der Waals surface area contributed by atoms with Crippen molar-refractivity contribution >= 4 is 5.82 Å². The van der Waals surface area contributed by atoms with Gasteiger partial charge in [0.1, 0.15) is 17.5 Å². The van der Waals surface area contributed by atoms with Crippen LogP contribution in [-0.4, -0.2) is 29.4 Å². The van der Waals surface area contributed by atoms with Gasteiger partial charge >= 0.3 is 0 Å². The van der Waals surface area contributed by atoms with Crippen molar-refractivity contribution in [3.63, 3.8) is 0 Å². The zero-order chi connectivity index (χ0) is 13.2. The second-order valence-electron chi connectivity index (χ2n) is 5.49. The van der Waals surface area contributed by atoms with E-state index >= 15 is 0 Å². The van der Waals surface area contributed by atoms with Gasteiger partial charge in [-0.15, -0.1) is 0 Å². The Morgan fingerprint density at radius 2 is 2.39 bits per heavy atom. The normalized spacial score (nSPS) is 23.7. The largest absolute Gasteiger partial charge is 0.369 e. The van der Waals surface area contributed by atoms with Crippen molar-refractivity contribution in [1.82, 2.24) is 15.1 Å². The number of aryl methyl sites for hydroxylation is 2. The minimum Gasteiger partial charge on any atom is -0.369 e. The van der Waals surface area contributed by atoms with Gasteiger partial charge in [0, 0.05) is 20.1 Å². The van der Waals surface area contributed by atoms with Crippen molar-refractivity contribution in [2.24, 2.45) is 12.5 Å². The molecule has 0 amide bonds. The Labute approximate surface area is 108 Å². The summed E-state index contributed by atoms with van der Waals surface area (Å²) in [5, 5.41) is 20.3. The van der Waals surface area contributed by atoms with Gasteiger partial charge in [0.05, 0.1) is 5.69 Å². The number of piperidine rings is 1. The van der Waals surface area contributed by atoms with Crippen molar-refractivity contribution in [3.05, 3.63) is 11.3 Å². The summed E-state index contributed by atoms with van der Waals surface area (Å²) < 4.78 is 1.76. The first-order valence-electron chi connectivity index (χ1n) is 6.44. The van der Waals surface area contributed by atoms with E-state index in [-0.39, 0.29) is 5.41 Å². The molecule has 5 nitrogen and oxygen atoms in total. The van der Waals surface area contributed by atoms with Gasteiger partial charge in [-0.1, -0.05) is 6.92 Å². The highest BCUT2D eigenvalue weighted by Gasteiger charge is 2.27. The summed E-state index contributed by atoms with van der Waals surface area (Å²) in [4.78, 5) is 0. The van der Waals surface area contributed by atoms with Crippen LogP contribution in [0, 0.1) is 23.7 Å². The van der Waals surface area contributed by atoms with Gasteiger partial charge in [-0.2, -0.15) is 10.4 Å². The van der Waals surface area contributed by atoms with Gasteiger partial charge in [-0.05, 0) is 31.7 Å². The Balaban J connectivity index is 2.08. The molecule has 1 saturated heterocycles. The molecular weight excluding hydrogens is 226 g/mol. The molecule has 98 valence electrons. The molecule has 2 N–H and O–H groups in total. The van der Waals surface area contributed by atoms with Crippen LogP contribution in [0.4, 0.5) is 5.82 Å². The van der Waals surface area contributed by atoms with E-state index in [1.165, 1.54) is 12.8 Å². The molecule has 5 heteroatoms. The highest BCUT2D eigenvalue weighted by Crippen LogP contribution is 2.27. The summed E-state index contributed by atoms with van der Waals surface area (Å²) in [6.07, 6.45) is 2.43. The SMILES string of the molecule is Cc1nn(C)c(NCC2(C)CCCNC2)c1C#N. The predicted octanol–water partition coefficient (Wildman–Crippen LogP) is 1.40. The average Bonchev–Trinajstić information content (AvgIpc) is 2.61. The Morgan fingerprint density at radius 1 is 1.61 bits per heavy atom. The van der Waals surface area contributed by atoms with Crippen molar-refractivity contribution < 1.29 is 0 Å². The number of rotatable bonds is 3. The molecule has 0 bridgehead atoms. The van der Waals surface area contributed by atoms with Crippen LogP contribution in [-0.2, 0) is 7.05 Å². The third kappa shape index (κ3) is 2.49. The van der Waals surface area contributed by atoms with Gasteiger partial charge in [-0.3, -0.25) is 4.68 Å². The number of anilines is 1. The molecule has 1 aliphatic rings. The summed E-state index contributed by atoms with van der Waals surface area (Å²) in [6.45, 7) is 7.16. The highest BCUT2D eigenvalue weighted by atomic mass is 15.3. The van der Waals surface area contributed by atoms with Crippen LogP contribution < -0.4 is 10.6 Å². The molecule has 2 heterocycles. The first-order chi connectivity index (χ1) is 8.56. The maximum absolute atomic E-state index is 9.16. The molecule has 0 radical (unpaired) electrons. The van der Waals surface area contributed by atoms with Crippen LogP contribution in [0.5, 0.6) is 0 Å². The molecular formula is C13H21N5. The lowest BCUT2D eigenvalue weighted by Crippen LogP contribution is -2.42. The van der Waals surface area contributed by atoms with E-state index < -0.39 is 0 Å². The minimum absolute atomic E-state index is 0.253. The first-order valence-corrected chi connectivity index (χ1v) is 6.44. The second-order valence-corrected chi connectivity index (χ2v) is 5.49. The molecule has 1 unspecified atom stereocenters. The fourth-order valence-corrected chi connectivity index (χ4v) is 2.56. The first kappa shape index (κ1) is 12.9. The quantitative estimate of drug-likeness (QED) is 0.847. The number of aromatic nitrogens is 2. The maximum Gasteiger partial charge on any atom is 0.142 e. The molecule has 0 saturated carbocycles. The van der Waals surface area contributed by atoms with Gasteiger partial charge < -0.3 is 10.6 Å². The zero-order valence-electron chi connectivity index (χ0n) is 11.4. The minimum atomic E-state index is 0.253. The van der Waals surface area contributed by atoms with Crippen molar-refractivity contribution in [2.75, 3.05) is 25.0 Å². The maximum atomic E-state index is 9.16. The van der Waals surface area contributed by atoms with E-state index in [2.05, 4.69) is 28.7 Å². The third-order valence-electron chi connectivity index (χ3n) is 3.70. The van der Waals surface area contributed by atoms with Crippen molar-refractivity contribution in [1.29, 1.82) is 5.26 Å². The van der Waals surface area contributed by atoms with Gasteiger partial charge in [0.15, 0.2) is 0 Å². The molecule has 0 spiro atoms. The molecule has 1 aromatic heterocycles. The van der Waals surface area contributed by atoms with E-state index in [0.717, 1.165) is 31.1 Å². The smallest absolute Gasteiger partial charge is 0.142 e. The van der Waals surface area contributed by atoms with Crippen molar-refractivity contribution in [3.8, 4) is 6.07 Å². The Hall–Kier alpha value is -1.54. The Bertz CT molecular complexity index is 462. The molecule has 18 heavy (non-hydrogen) atoms. The standard InChI is InChI=1S/C13H21N5/c1-10-11(7-14)12(18(3)17-10)16-9-13(2)5-4-6-15-8-13/h15-16H,4-6,8-9H2,1-3H3. The van der Waals surface area contributed by atoms with E-state index in [1.807, 2.05) is 14.0 Å². The summed E-state index contributed by atoms with van der Waals surface area (Å²) in [5.41, 5.74) is 1.70. The molecule has 0 aliphatic carbocycles. The third-order valence-corrected chi connectivity index (χ3v) is 3.70. The van der Waals surface area contributed by atoms with Crippen LogP contribution in [0.3, 0.4) is 0 Å². The number of nitrogens with zero attached hydrogens (tertiary/aromatic N) is 3. The molecule has 1 aliphatic heterocycles. The number of nitriles is 1. The van der Waals surface area contributed by atoms with Crippen LogP contribution in [0.15, 0.2) is 0 Å². The monoisotopic (exact) mass is 247 g/mol. The summed E-state index contributed by atoms with van der Waals surface area (Å²) in [5.74, 6) is 0.835. The topological polar surface area (TPSA) is 65.7 Å². The molecule has 2 rings (SSSR count). The Kier molecular flexibility index (Phi) is 3.58. The fourth-order valence-electron chi connectivity index (χ4n) is 2.56. The summed E-state index contributed by atoms with van der Waals surface area (Å²) >= 11 is 0. The van der Waals surface area contributed by atoms with Gasteiger partial charge in [-0.25, -0.2) is 0 Å².